The van der Waals surface area contributed by atoms with Crippen LogP contribution in [0, 0.1) is 5.92 Å². The van der Waals surface area contributed by atoms with Crippen molar-refractivity contribution >= 4 is 27.8 Å². The van der Waals surface area contributed by atoms with Gasteiger partial charge in [0, 0.05) is 16.3 Å². The summed E-state index contributed by atoms with van der Waals surface area (Å²) in [5.74, 6) is -0.281. The molecule has 0 aliphatic rings. The SMILES string of the molecule is COC(=O)c1ccc2c(cnn2C(CC(C)C)c2cc(C(F)(F)F)cc3cn[nH]c23)c1. The zero-order valence-corrected chi connectivity index (χ0v) is 17.2. The first kappa shape index (κ1) is 20.9. The van der Waals surface area contributed by atoms with Crippen LogP contribution in [0.1, 0.15) is 47.8 Å². The van der Waals surface area contributed by atoms with E-state index in [0.29, 0.717) is 39.4 Å². The standard InChI is InChI=1S/C22H21F3N4O2/c1-12(2)6-19(17-9-16(22(23,24)25)8-15-10-26-28-20(15)17)29-18-5-4-13(21(30)31-3)7-14(18)11-27-29/h4-5,7-12,19H,6H2,1-3H3,(H,26,28). The first-order valence-electron chi connectivity index (χ1n) is 9.79. The number of alkyl halides is 3. The van der Waals surface area contributed by atoms with Gasteiger partial charge in [-0.05, 0) is 42.7 Å². The number of methoxy groups -OCH3 is 1. The van der Waals surface area contributed by atoms with Gasteiger partial charge in [0.15, 0.2) is 0 Å². The number of aromatic amines is 1. The Bertz CT molecular complexity index is 1260. The number of benzene rings is 2. The Morgan fingerprint density at radius 2 is 1.94 bits per heavy atom. The molecule has 1 unspecified atom stereocenters. The third kappa shape index (κ3) is 3.87. The third-order valence-corrected chi connectivity index (χ3v) is 5.27. The molecule has 4 aromatic rings. The number of esters is 1. The number of ether oxygens (including phenoxy) is 1. The molecule has 1 N–H and O–H groups in total. The molecule has 4 rings (SSSR count). The van der Waals surface area contributed by atoms with Gasteiger partial charge >= 0.3 is 12.1 Å². The maximum atomic E-state index is 13.6. The molecule has 1 atom stereocenters. The summed E-state index contributed by atoms with van der Waals surface area (Å²) in [6.45, 7) is 4.01. The van der Waals surface area contributed by atoms with Crippen LogP contribution in [-0.4, -0.2) is 33.1 Å². The molecule has 6 nitrogen and oxygen atoms in total. The molecule has 0 aliphatic carbocycles. The van der Waals surface area contributed by atoms with Gasteiger partial charge < -0.3 is 4.74 Å². The summed E-state index contributed by atoms with van der Waals surface area (Å²) in [4.78, 5) is 11.8. The van der Waals surface area contributed by atoms with Crippen LogP contribution in [0.15, 0.2) is 42.7 Å². The van der Waals surface area contributed by atoms with Crippen LogP contribution < -0.4 is 0 Å². The predicted octanol–water partition coefficient (Wildman–Crippen LogP) is 5.35. The van der Waals surface area contributed by atoms with E-state index in [1.54, 1.807) is 29.1 Å². The third-order valence-electron chi connectivity index (χ3n) is 5.27. The first-order valence-corrected chi connectivity index (χ1v) is 9.79. The molecular weight excluding hydrogens is 409 g/mol. The van der Waals surface area contributed by atoms with Gasteiger partial charge in [-0.3, -0.25) is 9.78 Å². The molecule has 9 heteroatoms. The van der Waals surface area contributed by atoms with Crippen LogP contribution in [0.2, 0.25) is 0 Å². The molecule has 0 bridgehead atoms. The van der Waals surface area contributed by atoms with E-state index < -0.39 is 23.8 Å². The molecule has 0 spiro atoms. The fourth-order valence-corrected chi connectivity index (χ4v) is 3.86. The number of hydrogen-bond acceptors (Lipinski definition) is 4. The molecule has 162 valence electrons. The van der Waals surface area contributed by atoms with Gasteiger partial charge in [-0.25, -0.2) is 4.79 Å². The van der Waals surface area contributed by atoms with Crippen molar-refractivity contribution < 1.29 is 22.7 Å². The molecule has 0 amide bonds. The van der Waals surface area contributed by atoms with Crippen LogP contribution in [0.5, 0.6) is 0 Å². The van der Waals surface area contributed by atoms with E-state index in [-0.39, 0.29) is 5.92 Å². The number of carbonyl (C=O) groups excluding carboxylic acids is 1. The fourth-order valence-electron chi connectivity index (χ4n) is 3.86. The smallest absolute Gasteiger partial charge is 0.416 e. The highest BCUT2D eigenvalue weighted by Crippen LogP contribution is 2.38. The molecule has 0 saturated heterocycles. The average molecular weight is 430 g/mol. The molecule has 2 heterocycles. The highest BCUT2D eigenvalue weighted by atomic mass is 19.4. The number of fused-ring (bicyclic) bond motifs is 2. The monoisotopic (exact) mass is 430 g/mol. The van der Waals surface area contributed by atoms with Gasteiger partial charge in [0.05, 0.1) is 47.7 Å². The molecule has 31 heavy (non-hydrogen) atoms. The van der Waals surface area contributed by atoms with Gasteiger partial charge in [-0.1, -0.05) is 13.8 Å². The number of nitrogens with zero attached hydrogens (tertiary/aromatic N) is 3. The summed E-state index contributed by atoms with van der Waals surface area (Å²) >= 11 is 0. The summed E-state index contributed by atoms with van der Waals surface area (Å²) in [6, 6.07) is 6.82. The molecule has 2 aromatic carbocycles. The zero-order valence-electron chi connectivity index (χ0n) is 17.2. The number of carbonyl (C=O) groups is 1. The topological polar surface area (TPSA) is 72.8 Å². The second-order valence-electron chi connectivity index (χ2n) is 7.90. The van der Waals surface area contributed by atoms with Crippen molar-refractivity contribution in [3.05, 3.63) is 59.4 Å². The van der Waals surface area contributed by atoms with Crippen LogP contribution in [0.4, 0.5) is 13.2 Å². The predicted molar refractivity (Wildman–Crippen MR) is 110 cm³/mol. The quantitative estimate of drug-likeness (QED) is 0.433. The van der Waals surface area contributed by atoms with Gasteiger partial charge in [0.25, 0.3) is 0 Å². The molecule has 0 aliphatic heterocycles. The lowest BCUT2D eigenvalue weighted by Gasteiger charge is -2.23. The van der Waals surface area contributed by atoms with Gasteiger partial charge in [-0.15, -0.1) is 0 Å². The summed E-state index contributed by atoms with van der Waals surface area (Å²) in [5.41, 5.74) is 1.38. The molecule has 2 aromatic heterocycles. The van der Waals surface area contributed by atoms with Crippen molar-refractivity contribution in [3.8, 4) is 0 Å². The van der Waals surface area contributed by atoms with Gasteiger partial charge in [-0.2, -0.15) is 23.4 Å². The minimum absolute atomic E-state index is 0.186. The Morgan fingerprint density at radius 1 is 1.16 bits per heavy atom. The Kier molecular flexibility index (Phi) is 5.20. The Hall–Kier alpha value is -3.36. The van der Waals surface area contributed by atoms with E-state index in [0.717, 1.165) is 6.07 Å². The maximum absolute atomic E-state index is 13.6. The van der Waals surface area contributed by atoms with E-state index in [1.165, 1.54) is 19.4 Å². The van der Waals surface area contributed by atoms with Gasteiger partial charge in [0.2, 0.25) is 0 Å². The number of nitrogens with one attached hydrogen (secondary N) is 1. The highest BCUT2D eigenvalue weighted by molar-refractivity contribution is 5.94. The largest absolute Gasteiger partial charge is 0.465 e. The Morgan fingerprint density at radius 3 is 2.61 bits per heavy atom. The van der Waals surface area contributed by atoms with E-state index in [1.807, 2.05) is 13.8 Å². The average Bonchev–Trinajstić information content (AvgIpc) is 3.36. The first-order chi connectivity index (χ1) is 14.7. The molecule has 0 saturated carbocycles. The second-order valence-corrected chi connectivity index (χ2v) is 7.90. The van der Waals surface area contributed by atoms with Crippen molar-refractivity contribution in [3.63, 3.8) is 0 Å². The second kappa shape index (κ2) is 7.72. The summed E-state index contributed by atoms with van der Waals surface area (Å²) in [6.07, 6.45) is -0.924. The lowest BCUT2D eigenvalue weighted by Crippen LogP contribution is -2.16. The molecule has 0 fully saturated rings. The molecule has 0 radical (unpaired) electrons. The number of H-pyrrole nitrogens is 1. The van der Waals surface area contributed by atoms with E-state index in [2.05, 4.69) is 15.3 Å². The molecular formula is C22H21F3N4O2. The number of rotatable bonds is 5. The van der Waals surface area contributed by atoms with E-state index in [4.69, 9.17) is 4.74 Å². The van der Waals surface area contributed by atoms with Crippen molar-refractivity contribution in [2.24, 2.45) is 5.92 Å². The number of aromatic nitrogens is 4. The Balaban J connectivity index is 1.92. The number of halogens is 3. The van der Waals surface area contributed by atoms with Crippen LogP contribution in [-0.2, 0) is 10.9 Å². The van der Waals surface area contributed by atoms with Crippen molar-refractivity contribution in [1.29, 1.82) is 0 Å². The Labute approximate surface area is 176 Å². The van der Waals surface area contributed by atoms with Crippen molar-refractivity contribution in [2.45, 2.75) is 32.5 Å². The fraction of sp³-hybridized carbons (Fsp3) is 0.318. The summed E-state index contributed by atoms with van der Waals surface area (Å²) in [5, 5.41) is 12.4. The lowest BCUT2D eigenvalue weighted by molar-refractivity contribution is -0.137. The van der Waals surface area contributed by atoms with E-state index >= 15 is 0 Å². The highest BCUT2D eigenvalue weighted by Gasteiger charge is 2.33. The summed E-state index contributed by atoms with van der Waals surface area (Å²) in [7, 11) is 1.30. The normalized spacial score (nSPS) is 13.3. The van der Waals surface area contributed by atoms with Crippen LogP contribution in [0.25, 0.3) is 21.8 Å². The minimum atomic E-state index is -4.48. The lowest BCUT2D eigenvalue weighted by atomic mass is 9.93. The van der Waals surface area contributed by atoms with Crippen LogP contribution >= 0.6 is 0 Å². The maximum Gasteiger partial charge on any atom is 0.416 e. The van der Waals surface area contributed by atoms with Crippen LogP contribution in [0.3, 0.4) is 0 Å². The number of hydrogen-bond donors (Lipinski definition) is 1. The van der Waals surface area contributed by atoms with E-state index in [9.17, 15) is 18.0 Å². The zero-order chi connectivity index (χ0) is 22.3. The minimum Gasteiger partial charge on any atom is -0.465 e. The van der Waals surface area contributed by atoms with Crippen molar-refractivity contribution in [1.82, 2.24) is 20.0 Å². The summed E-state index contributed by atoms with van der Waals surface area (Å²) < 4.78 is 47.2. The van der Waals surface area contributed by atoms with Crippen molar-refractivity contribution in [2.75, 3.05) is 7.11 Å². The van der Waals surface area contributed by atoms with Gasteiger partial charge in [0.1, 0.15) is 0 Å².